The number of rotatable bonds is 5. The molecule has 3 heteroatoms. The number of nitrogens with one attached hydrogen (secondary N) is 1. The average molecular weight is 145 g/mol. The highest BCUT2D eigenvalue weighted by Crippen LogP contribution is 2.19. The molecule has 0 aliphatic carbocycles. The summed E-state index contributed by atoms with van der Waals surface area (Å²) in [6.45, 7) is 5.88. The zero-order valence-corrected chi connectivity index (χ0v) is 6.59. The zero-order valence-electron chi connectivity index (χ0n) is 6.59. The molecule has 1 aliphatic heterocycles. The highest BCUT2D eigenvalue weighted by atomic mass is 16.8. The van der Waals surface area contributed by atoms with Crippen LogP contribution in [0, 0.1) is 0 Å². The van der Waals surface area contributed by atoms with E-state index >= 15 is 0 Å². The van der Waals surface area contributed by atoms with E-state index in [4.69, 9.17) is 9.47 Å². The maximum absolute atomic E-state index is 5.28. The third kappa shape index (κ3) is 2.25. The molecule has 1 N–H and O–H groups in total. The summed E-state index contributed by atoms with van der Waals surface area (Å²) in [5.74, 6) is 0. The molecule has 10 heavy (non-hydrogen) atoms. The van der Waals surface area contributed by atoms with Gasteiger partial charge in [0.2, 0.25) is 0 Å². The fourth-order valence-corrected chi connectivity index (χ4v) is 0.805. The molecule has 1 fully saturated rings. The highest BCUT2D eigenvalue weighted by Gasteiger charge is 2.38. The van der Waals surface area contributed by atoms with Crippen molar-refractivity contribution in [1.82, 2.24) is 5.32 Å². The Kier molecular flexibility index (Phi) is 3.12. The van der Waals surface area contributed by atoms with Gasteiger partial charge in [0.1, 0.15) is 0 Å². The monoisotopic (exact) mass is 145 g/mol. The van der Waals surface area contributed by atoms with Gasteiger partial charge in [-0.2, -0.15) is 0 Å². The van der Waals surface area contributed by atoms with Gasteiger partial charge in [-0.15, -0.1) is 0 Å². The third-order valence-corrected chi connectivity index (χ3v) is 1.34. The quantitative estimate of drug-likeness (QED) is 0.578. The number of hydrogen-bond donors (Lipinski definition) is 1. The number of hydrogen-bond acceptors (Lipinski definition) is 3. The zero-order chi connectivity index (χ0) is 7.40. The van der Waals surface area contributed by atoms with E-state index in [1.54, 1.807) is 0 Å². The van der Waals surface area contributed by atoms with Gasteiger partial charge in [-0.1, -0.05) is 13.8 Å². The summed E-state index contributed by atoms with van der Waals surface area (Å²) in [5.41, 5.74) is 0. The van der Waals surface area contributed by atoms with Crippen LogP contribution in [0.2, 0.25) is 0 Å². The Morgan fingerprint density at radius 3 is 2.90 bits per heavy atom. The van der Waals surface area contributed by atoms with Crippen molar-refractivity contribution in [1.29, 1.82) is 0 Å². The molecule has 2 atom stereocenters. The van der Waals surface area contributed by atoms with Crippen molar-refractivity contribution in [3.05, 3.63) is 0 Å². The number of likely N-dealkylation sites (N-methyl/N-ethyl adjacent to an activating group) is 1. The van der Waals surface area contributed by atoms with Crippen LogP contribution in [-0.2, 0) is 9.47 Å². The van der Waals surface area contributed by atoms with Crippen molar-refractivity contribution < 1.29 is 9.47 Å². The van der Waals surface area contributed by atoms with Gasteiger partial charge >= 0.3 is 0 Å². The summed E-state index contributed by atoms with van der Waals surface area (Å²) in [7, 11) is 0. The Labute approximate surface area is 61.7 Å². The molecule has 1 heterocycles. The lowest BCUT2D eigenvalue weighted by atomic mass is 10.5. The van der Waals surface area contributed by atoms with E-state index in [0.29, 0.717) is 0 Å². The third-order valence-electron chi connectivity index (χ3n) is 1.34. The summed E-state index contributed by atoms with van der Waals surface area (Å²) in [5, 5.41) is 3.13. The van der Waals surface area contributed by atoms with Crippen LogP contribution in [0.5, 0.6) is 0 Å². The minimum Gasteiger partial charge on any atom is -0.349 e. The largest absolute Gasteiger partial charge is 0.349 e. The molecule has 0 radical (unpaired) electrons. The summed E-state index contributed by atoms with van der Waals surface area (Å²) in [6, 6.07) is 0. The minimum absolute atomic E-state index is 0.0277. The number of ether oxygens (including phenoxy) is 2. The van der Waals surface area contributed by atoms with E-state index < -0.39 is 0 Å². The van der Waals surface area contributed by atoms with Gasteiger partial charge in [-0.05, 0) is 13.0 Å². The summed E-state index contributed by atoms with van der Waals surface area (Å²) >= 11 is 0. The molecule has 1 aliphatic rings. The average Bonchev–Trinajstić information content (AvgIpc) is 2.65. The van der Waals surface area contributed by atoms with Crippen molar-refractivity contribution >= 4 is 0 Å². The van der Waals surface area contributed by atoms with Crippen LogP contribution in [0.15, 0.2) is 0 Å². The lowest BCUT2D eigenvalue weighted by Crippen LogP contribution is -2.19. The van der Waals surface area contributed by atoms with Crippen LogP contribution in [0.25, 0.3) is 0 Å². The van der Waals surface area contributed by atoms with Gasteiger partial charge in [-0.3, -0.25) is 5.32 Å². The summed E-state index contributed by atoms with van der Waals surface area (Å²) in [6.07, 6.45) is 1.25. The molecular weight excluding hydrogens is 130 g/mol. The standard InChI is InChI=1S/C7H15NO2/c1-3-5-9-7-6(10-7)8-4-2/h6-8H,3-5H2,1-2H3/t6-,7?/m1/s1. The molecule has 1 unspecified atom stereocenters. The first-order chi connectivity index (χ1) is 4.88. The maximum Gasteiger partial charge on any atom is 0.199 e. The molecular formula is C7H15NO2. The van der Waals surface area contributed by atoms with E-state index in [0.717, 1.165) is 19.6 Å². The van der Waals surface area contributed by atoms with Crippen LogP contribution in [0.4, 0.5) is 0 Å². The van der Waals surface area contributed by atoms with Gasteiger partial charge in [-0.25, -0.2) is 0 Å². The van der Waals surface area contributed by atoms with Crippen molar-refractivity contribution in [2.45, 2.75) is 32.8 Å². The van der Waals surface area contributed by atoms with Crippen LogP contribution in [0.3, 0.4) is 0 Å². The predicted octanol–water partition coefficient (Wildman–Crippen LogP) is 0.705. The molecule has 0 spiro atoms. The van der Waals surface area contributed by atoms with Gasteiger partial charge in [0.25, 0.3) is 0 Å². The van der Waals surface area contributed by atoms with Crippen LogP contribution in [0.1, 0.15) is 20.3 Å². The summed E-state index contributed by atoms with van der Waals surface area (Å²) < 4.78 is 10.4. The van der Waals surface area contributed by atoms with Crippen molar-refractivity contribution in [3.63, 3.8) is 0 Å². The Balaban J connectivity index is 1.92. The molecule has 0 aromatic heterocycles. The molecule has 0 bridgehead atoms. The van der Waals surface area contributed by atoms with E-state index in [2.05, 4.69) is 19.2 Å². The van der Waals surface area contributed by atoms with Crippen LogP contribution >= 0.6 is 0 Å². The molecule has 0 aromatic rings. The Bertz CT molecular complexity index is 97.6. The molecule has 0 saturated carbocycles. The lowest BCUT2D eigenvalue weighted by Gasteiger charge is -1.95. The molecule has 60 valence electrons. The molecule has 1 rings (SSSR count). The van der Waals surface area contributed by atoms with E-state index in [1.165, 1.54) is 0 Å². The fraction of sp³-hybridized carbons (Fsp3) is 1.00. The predicted molar refractivity (Wildman–Crippen MR) is 38.6 cm³/mol. The van der Waals surface area contributed by atoms with Gasteiger partial charge in [0.05, 0.1) is 0 Å². The first kappa shape index (κ1) is 7.98. The fourth-order valence-electron chi connectivity index (χ4n) is 0.805. The first-order valence-electron chi connectivity index (χ1n) is 3.89. The van der Waals surface area contributed by atoms with Crippen molar-refractivity contribution in [2.75, 3.05) is 13.2 Å². The second kappa shape index (κ2) is 3.91. The lowest BCUT2D eigenvalue weighted by molar-refractivity contribution is 0.0507. The topological polar surface area (TPSA) is 33.8 Å². The molecule has 3 nitrogen and oxygen atoms in total. The minimum atomic E-state index is 0.0277. The maximum atomic E-state index is 5.28. The molecule has 1 saturated heterocycles. The second-order valence-corrected chi connectivity index (χ2v) is 2.35. The molecule has 0 aromatic carbocycles. The van der Waals surface area contributed by atoms with Gasteiger partial charge in [0.15, 0.2) is 12.5 Å². The highest BCUT2D eigenvalue weighted by molar-refractivity contribution is 4.72. The van der Waals surface area contributed by atoms with Crippen molar-refractivity contribution in [3.8, 4) is 0 Å². The second-order valence-electron chi connectivity index (χ2n) is 2.35. The first-order valence-corrected chi connectivity index (χ1v) is 3.89. The van der Waals surface area contributed by atoms with E-state index in [-0.39, 0.29) is 12.5 Å². The van der Waals surface area contributed by atoms with Crippen LogP contribution < -0.4 is 5.32 Å². The van der Waals surface area contributed by atoms with E-state index in [9.17, 15) is 0 Å². The summed E-state index contributed by atoms with van der Waals surface area (Å²) in [4.78, 5) is 0. The Hall–Kier alpha value is -0.120. The normalized spacial score (nSPS) is 30.6. The molecule has 0 amide bonds. The van der Waals surface area contributed by atoms with Gasteiger partial charge in [0, 0.05) is 6.61 Å². The van der Waals surface area contributed by atoms with Crippen LogP contribution in [-0.4, -0.2) is 25.7 Å². The van der Waals surface area contributed by atoms with E-state index in [1.807, 2.05) is 0 Å². The number of epoxide rings is 1. The SMILES string of the molecule is CCCOC1O[C@H]1NCC. The van der Waals surface area contributed by atoms with Gasteiger partial charge < -0.3 is 9.47 Å². The Morgan fingerprint density at radius 1 is 1.50 bits per heavy atom. The van der Waals surface area contributed by atoms with Crippen molar-refractivity contribution in [2.24, 2.45) is 0 Å². The smallest absolute Gasteiger partial charge is 0.199 e. The Morgan fingerprint density at radius 2 is 2.30 bits per heavy atom.